The number of pyridine rings is 1. The van der Waals surface area contributed by atoms with Crippen LogP contribution in [-0.4, -0.2) is 37.4 Å². The van der Waals surface area contributed by atoms with Crippen molar-refractivity contribution < 1.29 is 17.9 Å². The summed E-state index contributed by atoms with van der Waals surface area (Å²) < 4.78 is 28.0. The summed E-state index contributed by atoms with van der Waals surface area (Å²) in [4.78, 5) is 16.1. The van der Waals surface area contributed by atoms with Gasteiger partial charge in [0.2, 0.25) is 11.8 Å². The standard InChI is InChI=1S/C18H23N3O4S/c1-3-13-5-4-6-15(11-13)25-17-8-7-14(12-20-17)21-18(22)16(19)9-10-26(2,23)24/h4-8,11-12,16H,3,9-10,19H2,1-2H3,(H,21,22). The molecule has 1 unspecified atom stereocenters. The second-order valence-electron chi connectivity index (χ2n) is 6.00. The minimum Gasteiger partial charge on any atom is -0.439 e. The highest BCUT2D eigenvalue weighted by Gasteiger charge is 2.16. The van der Waals surface area contributed by atoms with Crippen molar-refractivity contribution in [3.8, 4) is 11.6 Å². The number of aryl methyl sites for hydroxylation is 1. The van der Waals surface area contributed by atoms with Crippen LogP contribution in [0.25, 0.3) is 0 Å². The van der Waals surface area contributed by atoms with Gasteiger partial charge in [-0.25, -0.2) is 13.4 Å². The number of rotatable bonds is 8. The smallest absolute Gasteiger partial charge is 0.241 e. The number of ether oxygens (including phenoxy) is 1. The molecule has 0 aliphatic rings. The molecule has 140 valence electrons. The van der Waals surface area contributed by atoms with Gasteiger partial charge in [-0.15, -0.1) is 0 Å². The fourth-order valence-corrected chi connectivity index (χ4v) is 2.85. The van der Waals surface area contributed by atoms with Crippen molar-refractivity contribution in [1.82, 2.24) is 4.98 Å². The van der Waals surface area contributed by atoms with Crippen LogP contribution >= 0.6 is 0 Å². The van der Waals surface area contributed by atoms with Gasteiger partial charge >= 0.3 is 0 Å². The molecule has 0 radical (unpaired) electrons. The number of sulfone groups is 1. The number of nitrogens with one attached hydrogen (secondary N) is 1. The summed E-state index contributed by atoms with van der Waals surface area (Å²) in [5.41, 5.74) is 7.33. The van der Waals surface area contributed by atoms with Crippen LogP contribution < -0.4 is 15.8 Å². The Balaban J connectivity index is 1.93. The summed E-state index contributed by atoms with van der Waals surface area (Å²) >= 11 is 0. The van der Waals surface area contributed by atoms with Gasteiger partial charge in [-0.1, -0.05) is 19.1 Å². The molecular formula is C18H23N3O4S. The average Bonchev–Trinajstić information content (AvgIpc) is 2.60. The van der Waals surface area contributed by atoms with Gasteiger partial charge < -0.3 is 15.8 Å². The van der Waals surface area contributed by atoms with E-state index in [4.69, 9.17) is 10.5 Å². The lowest BCUT2D eigenvalue weighted by Crippen LogP contribution is -2.37. The Morgan fingerprint density at radius 3 is 2.69 bits per heavy atom. The van der Waals surface area contributed by atoms with Crippen molar-refractivity contribution in [2.45, 2.75) is 25.8 Å². The summed E-state index contributed by atoms with van der Waals surface area (Å²) in [7, 11) is -3.15. The van der Waals surface area contributed by atoms with Crippen LogP contribution in [0.5, 0.6) is 11.6 Å². The summed E-state index contributed by atoms with van der Waals surface area (Å²) in [5, 5.41) is 2.61. The summed E-state index contributed by atoms with van der Waals surface area (Å²) in [6, 6.07) is 10.1. The minimum absolute atomic E-state index is 0.0626. The number of nitrogens with zero attached hydrogens (tertiary/aromatic N) is 1. The maximum atomic E-state index is 12.0. The zero-order valence-corrected chi connectivity index (χ0v) is 15.6. The average molecular weight is 377 g/mol. The summed E-state index contributed by atoms with van der Waals surface area (Å²) in [6.45, 7) is 2.06. The molecule has 0 saturated heterocycles. The van der Waals surface area contributed by atoms with E-state index in [2.05, 4.69) is 17.2 Å². The molecule has 0 saturated carbocycles. The van der Waals surface area contributed by atoms with Crippen molar-refractivity contribution in [1.29, 1.82) is 0 Å². The van der Waals surface area contributed by atoms with Gasteiger partial charge in [-0.2, -0.15) is 0 Å². The molecule has 0 aliphatic carbocycles. The van der Waals surface area contributed by atoms with E-state index in [1.165, 1.54) is 6.20 Å². The zero-order chi connectivity index (χ0) is 19.2. The molecule has 26 heavy (non-hydrogen) atoms. The Labute approximate surface area is 153 Å². The quantitative estimate of drug-likeness (QED) is 0.729. The van der Waals surface area contributed by atoms with Crippen LogP contribution in [0.3, 0.4) is 0 Å². The maximum Gasteiger partial charge on any atom is 0.241 e. The number of aromatic nitrogens is 1. The number of anilines is 1. The first-order chi connectivity index (χ1) is 12.3. The molecule has 1 amide bonds. The number of hydrogen-bond acceptors (Lipinski definition) is 6. The van der Waals surface area contributed by atoms with Crippen LogP contribution in [0.1, 0.15) is 18.9 Å². The second kappa shape index (κ2) is 8.77. The normalized spacial score (nSPS) is 12.4. The van der Waals surface area contributed by atoms with Crippen molar-refractivity contribution in [3.63, 3.8) is 0 Å². The molecule has 2 aromatic rings. The molecule has 8 heteroatoms. The minimum atomic E-state index is -3.15. The Kier molecular flexibility index (Phi) is 6.70. The van der Waals surface area contributed by atoms with Crippen molar-refractivity contribution in [2.24, 2.45) is 5.73 Å². The molecule has 0 bridgehead atoms. The van der Waals surface area contributed by atoms with E-state index < -0.39 is 21.8 Å². The zero-order valence-electron chi connectivity index (χ0n) is 14.8. The highest BCUT2D eigenvalue weighted by atomic mass is 32.2. The lowest BCUT2D eigenvalue weighted by molar-refractivity contribution is -0.117. The summed E-state index contributed by atoms with van der Waals surface area (Å²) in [6.07, 6.45) is 3.54. The first-order valence-corrected chi connectivity index (χ1v) is 10.3. The van der Waals surface area contributed by atoms with Crippen LogP contribution in [0.15, 0.2) is 42.6 Å². The monoisotopic (exact) mass is 377 g/mol. The Hall–Kier alpha value is -2.45. The van der Waals surface area contributed by atoms with Gasteiger partial charge in [-0.05, 0) is 36.6 Å². The Morgan fingerprint density at radius 1 is 1.31 bits per heavy atom. The molecule has 0 aliphatic heterocycles. The number of hydrogen-bond donors (Lipinski definition) is 2. The highest BCUT2D eigenvalue weighted by Crippen LogP contribution is 2.21. The van der Waals surface area contributed by atoms with Crippen LogP contribution in [0.4, 0.5) is 5.69 Å². The molecular weight excluding hydrogens is 354 g/mol. The van der Waals surface area contributed by atoms with Crippen LogP contribution in [-0.2, 0) is 21.1 Å². The molecule has 3 N–H and O–H groups in total. The van der Waals surface area contributed by atoms with Gasteiger partial charge in [0, 0.05) is 12.3 Å². The fourth-order valence-electron chi connectivity index (χ4n) is 2.17. The number of nitrogens with two attached hydrogens (primary N) is 1. The fraction of sp³-hybridized carbons (Fsp3) is 0.333. The molecule has 1 aromatic carbocycles. The summed E-state index contributed by atoms with van der Waals surface area (Å²) in [5.74, 6) is 0.498. The Morgan fingerprint density at radius 2 is 2.08 bits per heavy atom. The van der Waals surface area contributed by atoms with E-state index in [1.54, 1.807) is 12.1 Å². The number of carbonyl (C=O) groups is 1. The van der Waals surface area contributed by atoms with E-state index in [1.807, 2.05) is 24.3 Å². The molecule has 0 fully saturated rings. The lowest BCUT2D eigenvalue weighted by atomic mass is 10.2. The first-order valence-electron chi connectivity index (χ1n) is 8.24. The topological polar surface area (TPSA) is 111 Å². The van der Waals surface area contributed by atoms with Gasteiger partial charge in [-0.3, -0.25) is 4.79 Å². The van der Waals surface area contributed by atoms with E-state index >= 15 is 0 Å². The third kappa shape index (κ3) is 6.45. The van der Waals surface area contributed by atoms with E-state index in [0.29, 0.717) is 17.3 Å². The van der Waals surface area contributed by atoms with Crippen molar-refractivity contribution in [3.05, 3.63) is 48.2 Å². The van der Waals surface area contributed by atoms with Gasteiger partial charge in [0.05, 0.1) is 23.7 Å². The molecule has 1 heterocycles. The number of benzene rings is 1. The molecule has 1 atom stereocenters. The van der Waals surface area contributed by atoms with E-state index in [0.717, 1.165) is 18.2 Å². The van der Waals surface area contributed by atoms with E-state index in [9.17, 15) is 13.2 Å². The largest absolute Gasteiger partial charge is 0.439 e. The van der Waals surface area contributed by atoms with Gasteiger partial charge in [0.15, 0.2) is 0 Å². The number of amides is 1. The Bertz CT molecular complexity index is 851. The number of carbonyl (C=O) groups excluding carboxylic acids is 1. The van der Waals surface area contributed by atoms with Crippen molar-refractivity contribution >= 4 is 21.4 Å². The third-order valence-electron chi connectivity index (χ3n) is 3.67. The van der Waals surface area contributed by atoms with Crippen LogP contribution in [0.2, 0.25) is 0 Å². The maximum absolute atomic E-state index is 12.0. The first kappa shape index (κ1) is 19.9. The predicted molar refractivity (Wildman–Crippen MR) is 101 cm³/mol. The molecule has 1 aromatic heterocycles. The predicted octanol–water partition coefficient (Wildman–Crippen LogP) is 2.14. The van der Waals surface area contributed by atoms with Crippen molar-refractivity contribution in [2.75, 3.05) is 17.3 Å². The van der Waals surface area contributed by atoms with Gasteiger partial charge in [0.1, 0.15) is 15.6 Å². The highest BCUT2D eigenvalue weighted by molar-refractivity contribution is 7.90. The third-order valence-corrected chi connectivity index (χ3v) is 4.65. The SMILES string of the molecule is CCc1cccc(Oc2ccc(NC(=O)C(N)CCS(C)(=O)=O)cn2)c1. The van der Waals surface area contributed by atoms with Crippen LogP contribution in [0, 0.1) is 0 Å². The molecule has 2 rings (SSSR count). The lowest BCUT2D eigenvalue weighted by Gasteiger charge is -2.12. The van der Waals surface area contributed by atoms with E-state index in [-0.39, 0.29) is 12.2 Å². The van der Waals surface area contributed by atoms with Gasteiger partial charge in [0.25, 0.3) is 0 Å². The molecule has 7 nitrogen and oxygen atoms in total. The second-order valence-corrected chi connectivity index (χ2v) is 8.26. The molecule has 0 spiro atoms.